The van der Waals surface area contributed by atoms with E-state index >= 15 is 0 Å². The normalized spacial score (nSPS) is 17.4. The van der Waals surface area contributed by atoms with Crippen molar-refractivity contribution in [1.29, 1.82) is 0 Å². The molecule has 4 rings (SSSR count). The molecule has 3 aromatic rings. The number of alkyl halides is 3. The molecule has 1 N–H and O–H groups in total. The molecule has 2 heterocycles. The van der Waals surface area contributed by atoms with Crippen LogP contribution in [0, 0.1) is 0 Å². The van der Waals surface area contributed by atoms with Gasteiger partial charge in [-0.1, -0.05) is 54.2 Å². The van der Waals surface area contributed by atoms with Gasteiger partial charge in [-0.25, -0.2) is 0 Å². The zero-order valence-corrected chi connectivity index (χ0v) is 20.1. The van der Waals surface area contributed by atoms with E-state index in [0.29, 0.717) is 5.76 Å². The zero-order valence-electron chi connectivity index (χ0n) is 19.3. The Hall–Kier alpha value is -4.12. The number of carbonyl (C=O) groups excluding carboxylic acids is 2. The first-order chi connectivity index (χ1) is 17.8. The highest BCUT2D eigenvalue weighted by Crippen LogP contribution is 2.33. The van der Waals surface area contributed by atoms with Gasteiger partial charge < -0.3 is 9.73 Å². The number of allylic oxidation sites excluding steroid dienone is 1. The number of carbonyl (C=O) groups is 2. The molecule has 0 spiro atoms. The summed E-state index contributed by atoms with van der Waals surface area (Å²) >= 11 is 1.06. The number of rotatable bonds is 8. The second kappa shape index (κ2) is 11.7. The predicted molar refractivity (Wildman–Crippen MR) is 137 cm³/mol. The molecule has 1 aliphatic heterocycles. The summed E-state index contributed by atoms with van der Waals surface area (Å²) in [5.74, 6) is -0.461. The smallest absolute Gasteiger partial charge is 0.416 e. The van der Waals surface area contributed by atoms with Gasteiger partial charge in [-0.2, -0.15) is 18.3 Å². The molecule has 1 fully saturated rings. The minimum absolute atomic E-state index is 0.00796. The van der Waals surface area contributed by atoms with Gasteiger partial charge in [0.15, 0.2) is 5.17 Å². The Kier molecular flexibility index (Phi) is 8.24. The van der Waals surface area contributed by atoms with Crippen molar-refractivity contribution in [2.45, 2.75) is 24.4 Å². The number of nitrogens with zero attached hydrogens (tertiary/aromatic N) is 3. The van der Waals surface area contributed by atoms with Crippen molar-refractivity contribution in [1.82, 2.24) is 4.90 Å². The van der Waals surface area contributed by atoms with E-state index in [-0.39, 0.29) is 29.7 Å². The van der Waals surface area contributed by atoms with Gasteiger partial charge in [0, 0.05) is 18.3 Å². The summed E-state index contributed by atoms with van der Waals surface area (Å²) in [6.07, 6.45) is 1.71. The summed E-state index contributed by atoms with van der Waals surface area (Å²) in [5, 5.41) is 10.1. The summed E-state index contributed by atoms with van der Waals surface area (Å²) in [7, 11) is 0. The number of halogens is 3. The van der Waals surface area contributed by atoms with Crippen molar-refractivity contribution >= 4 is 46.7 Å². The Morgan fingerprint density at radius 2 is 1.92 bits per heavy atom. The van der Waals surface area contributed by atoms with E-state index in [4.69, 9.17) is 4.42 Å². The van der Waals surface area contributed by atoms with Crippen LogP contribution in [0.15, 0.2) is 93.7 Å². The highest BCUT2D eigenvalue weighted by atomic mass is 32.2. The molecule has 1 atom stereocenters. The molecule has 0 unspecified atom stereocenters. The Bertz CT molecular complexity index is 1320. The molecule has 0 saturated carbocycles. The van der Waals surface area contributed by atoms with Crippen LogP contribution in [0.25, 0.3) is 6.08 Å². The van der Waals surface area contributed by atoms with Crippen LogP contribution in [-0.2, 0) is 22.3 Å². The monoisotopic (exact) mass is 526 g/mol. The fourth-order valence-corrected chi connectivity index (χ4v) is 4.51. The number of furan rings is 1. The van der Waals surface area contributed by atoms with Crippen molar-refractivity contribution in [2.75, 3.05) is 5.32 Å². The minimum atomic E-state index is -4.54. The van der Waals surface area contributed by atoms with Crippen molar-refractivity contribution in [3.8, 4) is 0 Å². The fourth-order valence-electron chi connectivity index (χ4n) is 3.41. The highest BCUT2D eigenvalue weighted by Gasteiger charge is 2.40. The average Bonchev–Trinajstić information content (AvgIpc) is 3.48. The van der Waals surface area contributed by atoms with Crippen LogP contribution in [0.5, 0.6) is 0 Å². The topological polar surface area (TPSA) is 87.3 Å². The number of anilines is 1. The van der Waals surface area contributed by atoms with Crippen LogP contribution in [0.4, 0.5) is 18.9 Å². The number of amides is 2. The van der Waals surface area contributed by atoms with Crippen molar-refractivity contribution in [3.05, 3.63) is 96.0 Å². The van der Waals surface area contributed by atoms with Crippen LogP contribution < -0.4 is 5.32 Å². The van der Waals surface area contributed by atoms with E-state index < -0.39 is 22.9 Å². The van der Waals surface area contributed by atoms with Crippen LogP contribution in [0.1, 0.15) is 23.3 Å². The van der Waals surface area contributed by atoms with Crippen molar-refractivity contribution in [3.63, 3.8) is 0 Å². The fraction of sp³-hybridized carbons (Fsp3) is 0.154. The zero-order chi connectivity index (χ0) is 26.3. The van der Waals surface area contributed by atoms with Crippen LogP contribution in [0.2, 0.25) is 0 Å². The lowest BCUT2D eigenvalue weighted by atomic mass is 10.2. The van der Waals surface area contributed by atoms with E-state index in [1.165, 1.54) is 29.5 Å². The molecule has 1 aromatic heterocycles. The molecule has 0 bridgehead atoms. The SMILES string of the molecule is O=C(C[C@H]1S\C(=N/N=C\C=C\c2ccccc2)N(Cc2ccco2)C1=O)Nc1cccc(C(F)(F)F)c1. The Balaban J connectivity index is 1.44. The standard InChI is InChI=1S/C26H21F3N4O3S/c27-26(28,29)19-10-4-11-20(15-19)31-23(34)16-22-24(35)33(17-21-12-6-14-36-21)25(37-22)32-30-13-5-9-18-7-2-1-3-8-18/h1-15,22H,16-17H2,(H,31,34)/b9-5+,30-13-,32-25-/t22-/m1/s1. The Morgan fingerprint density at radius 3 is 2.65 bits per heavy atom. The summed E-state index contributed by atoms with van der Waals surface area (Å²) in [4.78, 5) is 27.0. The maximum absolute atomic E-state index is 13.1. The minimum Gasteiger partial charge on any atom is -0.467 e. The van der Waals surface area contributed by atoms with Crippen LogP contribution in [-0.4, -0.2) is 33.3 Å². The summed E-state index contributed by atoms with van der Waals surface area (Å²) in [6, 6.07) is 17.3. The third kappa shape index (κ3) is 7.20. The van der Waals surface area contributed by atoms with Crippen molar-refractivity contribution in [2.24, 2.45) is 10.2 Å². The van der Waals surface area contributed by atoms with Gasteiger partial charge in [0.2, 0.25) is 11.8 Å². The van der Waals surface area contributed by atoms with Crippen LogP contribution in [0.3, 0.4) is 0 Å². The molecule has 0 radical (unpaired) electrons. The third-order valence-electron chi connectivity index (χ3n) is 5.14. The number of hydrogen-bond donors (Lipinski definition) is 1. The molecule has 190 valence electrons. The third-order valence-corrected chi connectivity index (χ3v) is 6.31. The molecule has 37 heavy (non-hydrogen) atoms. The van der Waals surface area contributed by atoms with E-state index in [9.17, 15) is 22.8 Å². The molecule has 2 aromatic carbocycles. The molecular formula is C26H21F3N4O3S. The summed E-state index contributed by atoms with van der Waals surface area (Å²) < 4.78 is 44.2. The van der Waals surface area contributed by atoms with Gasteiger partial charge in [-0.15, -0.1) is 5.10 Å². The van der Waals surface area contributed by atoms with E-state index in [0.717, 1.165) is 29.5 Å². The molecule has 1 aliphatic rings. The Labute approximate surface area is 214 Å². The average molecular weight is 527 g/mol. The first-order valence-electron chi connectivity index (χ1n) is 11.1. The highest BCUT2D eigenvalue weighted by molar-refractivity contribution is 8.15. The maximum Gasteiger partial charge on any atom is 0.416 e. The number of hydrogen-bond acceptors (Lipinski definition) is 6. The number of benzene rings is 2. The number of amidine groups is 1. The van der Waals surface area contributed by atoms with Crippen LogP contribution >= 0.6 is 11.8 Å². The van der Waals surface area contributed by atoms with Gasteiger partial charge in [0.25, 0.3) is 0 Å². The quantitative estimate of drug-likeness (QED) is 0.296. The predicted octanol–water partition coefficient (Wildman–Crippen LogP) is 5.83. The summed E-state index contributed by atoms with van der Waals surface area (Å²) in [5.41, 5.74) is 0.0968. The second-order valence-electron chi connectivity index (χ2n) is 7.86. The van der Waals surface area contributed by atoms with Gasteiger partial charge in [0.1, 0.15) is 11.0 Å². The molecular weight excluding hydrogens is 505 g/mol. The first-order valence-corrected chi connectivity index (χ1v) is 12.0. The largest absolute Gasteiger partial charge is 0.467 e. The lowest BCUT2D eigenvalue weighted by Gasteiger charge is -2.14. The van der Waals surface area contributed by atoms with E-state index in [1.54, 1.807) is 18.2 Å². The second-order valence-corrected chi connectivity index (χ2v) is 9.03. The Morgan fingerprint density at radius 1 is 1.11 bits per heavy atom. The molecule has 11 heteroatoms. The number of nitrogens with one attached hydrogen (secondary N) is 1. The molecule has 7 nitrogen and oxygen atoms in total. The lowest BCUT2D eigenvalue weighted by Crippen LogP contribution is -2.33. The molecule has 2 amide bonds. The van der Waals surface area contributed by atoms with E-state index in [1.807, 2.05) is 36.4 Å². The van der Waals surface area contributed by atoms with Gasteiger partial charge in [-0.05, 0) is 42.0 Å². The van der Waals surface area contributed by atoms with Crippen molar-refractivity contribution < 1.29 is 27.2 Å². The van der Waals surface area contributed by atoms with Gasteiger partial charge >= 0.3 is 6.18 Å². The molecule has 0 aliphatic carbocycles. The summed E-state index contributed by atoms with van der Waals surface area (Å²) in [6.45, 7) is 0.0960. The van der Waals surface area contributed by atoms with E-state index in [2.05, 4.69) is 15.5 Å². The number of thioether (sulfide) groups is 1. The van der Waals surface area contributed by atoms with Gasteiger partial charge in [0.05, 0.1) is 18.4 Å². The first kappa shape index (κ1) is 26.0. The van der Waals surface area contributed by atoms with Gasteiger partial charge in [-0.3, -0.25) is 14.5 Å². The maximum atomic E-state index is 13.1. The lowest BCUT2D eigenvalue weighted by molar-refractivity contribution is -0.137. The molecule has 1 saturated heterocycles.